The summed E-state index contributed by atoms with van der Waals surface area (Å²) in [6.07, 6.45) is 1.78. The first-order chi connectivity index (χ1) is 5.77. The van der Waals surface area contributed by atoms with E-state index >= 15 is 0 Å². The summed E-state index contributed by atoms with van der Waals surface area (Å²) in [5, 5.41) is 7.47. The summed E-state index contributed by atoms with van der Waals surface area (Å²) in [6.45, 7) is 2.73. The predicted molar refractivity (Wildman–Crippen MR) is 41.4 cm³/mol. The van der Waals surface area contributed by atoms with Crippen molar-refractivity contribution in [1.82, 2.24) is 14.8 Å². The Balaban J connectivity index is 2.68. The lowest BCUT2D eigenvalue weighted by atomic mass is 10.4. The summed E-state index contributed by atoms with van der Waals surface area (Å²) in [6, 6.07) is 0. The Labute approximate surface area is 70.4 Å². The minimum absolute atomic E-state index is 0.185. The van der Waals surface area contributed by atoms with Crippen LogP contribution < -0.4 is 0 Å². The van der Waals surface area contributed by atoms with Crippen LogP contribution in [0.15, 0.2) is 6.33 Å². The molecule has 0 saturated carbocycles. The van der Waals surface area contributed by atoms with Gasteiger partial charge >= 0.3 is 5.97 Å². The van der Waals surface area contributed by atoms with Crippen LogP contribution in [0.25, 0.3) is 0 Å². The molecule has 0 aliphatic rings. The van der Waals surface area contributed by atoms with E-state index in [0.29, 0.717) is 5.82 Å². The molecule has 1 aromatic rings. The van der Waals surface area contributed by atoms with Gasteiger partial charge in [0.05, 0.1) is 7.11 Å². The Bertz CT molecular complexity index is 269. The fraction of sp³-hybridized carbons (Fsp3) is 0.571. The molecule has 0 unspecified atom stereocenters. The topological polar surface area (TPSA) is 57.0 Å². The van der Waals surface area contributed by atoms with E-state index in [9.17, 15) is 4.79 Å². The number of carbonyl (C=O) groups is 1. The molecule has 1 aromatic heterocycles. The van der Waals surface area contributed by atoms with Gasteiger partial charge in [-0.25, -0.2) is 0 Å². The minimum Gasteiger partial charge on any atom is -0.469 e. The van der Waals surface area contributed by atoms with E-state index in [-0.39, 0.29) is 12.4 Å². The van der Waals surface area contributed by atoms with Gasteiger partial charge in [-0.15, -0.1) is 10.2 Å². The molecular formula is C7H11N3O2. The van der Waals surface area contributed by atoms with Crippen molar-refractivity contribution in [1.29, 1.82) is 0 Å². The van der Waals surface area contributed by atoms with Crippen LogP contribution in [0.1, 0.15) is 12.7 Å². The first-order valence-electron chi connectivity index (χ1n) is 3.71. The van der Waals surface area contributed by atoms with Crippen LogP contribution in [0.2, 0.25) is 0 Å². The van der Waals surface area contributed by atoms with Crippen molar-refractivity contribution in [3.8, 4) is 0 Å². The molecule has 0 spiro atoms. The average molecular weight is 169 g/mol. The normalized spacial score (nSPS) is 9.83. The van der Waals surface area contributed by atoms with Gasteiger partial charge in [0.15, 0.2) is 0 Å². The minimum atomic E-state index is -0.294. The van der Waals surface area contributed by atoms with E-state index in [0.717, 1.165) is 6.54 Å². The first kappa shape index (κ1) is 8.70. The molecule has 0 saturated heterocycles. The number of nitrogens with zero attached hydrogens (tertiary/aromatic N) is 3. The fourth-order valence-electron chi connectivity index (χ4n) is 0.881. The van der Waals surface area contributed by atoms with Gasteiger partial charge in [-0.1, -0.05) is 0 Å². The second-order valence-electron chi connectivity index (χ2n) is 2.29. The maximum atomic E-state index is 10.8. The summed E-state index contributed by atoms with van der Waals surface area (Å²) < 4.78 is 6.31. The van der Waals surface area contributed by atoms with Crippen molar-refractivity contribution >= 4 is 5.97 Å². The highest BCUT2D eigenvalue weighted by Crippen LogP contribution is 1.96. The van der Waals surface area contributed by atoms with Crippen LogP contribution in [-0.2, 0) is 22.5 Å². The molecule has 0 N–H and O–H groups in total. The highest BCUT2D eigenvalue weighted by molar-refractivity contribution is 5.71. The monoisotopic (exact) mass is 169 g/mol. The van der Waals surface area contributed by atoms with Crippen LogP contribution in [0, 0.1) is 0 Å². The number of carbonyl (C=O) groups excluding carboxylic acids is 1. The second kappa shape index (κ2) is 3.85. The van der Waals surface area contributed by atoms with Crippen molar-refractivity contribution < 1.29 is 9.53 Å². The molecule has 5 nitrogen and oxygen atoms in total. The molecule has 12 heavy (non-hydrogen) atoms. The van der Waals surface area contributed by atoms with E-state index < -0.39 is 0 Å². The predicted octanol–water partition coefficient (Wildman–Crippen LogP) is 0.0135. The van der Waals surface area contributed by atoms with Gasteiger partial charge in [-0.05, 0) is 6.92 Å². The Morgan fingerprint density at radius 2 is 2.50 bits per heavy atom. The van der Waals surface area contributed by atoms with E-state index in [4.69, 9.17) is 0 Å². The van der Waals surface area contributed by atoms with E-state index in [1.807, 2.05) is 6.92 Å². The molecule has 5 heteroatoms. The molecule has 0 amide bonds. The Morgan fingerprint density at radius 3 is 3.08 bits per heavy atom. The molecule has 0 aliphatic carbocycles. The van der Waals surface area contributed by atoms with E-state index in [1.54, 1.807) is 10.9 Å². The van der Waals surface area contributed by atoms with Crippen LogP contribution in [0.5, 0.6) is 0 Å². The zero-order valence-corrected chi connectivity index (χ0v) is 7.15. The summed E-state index contributed by atoms with van der Waals surface area (Å²) >= 11 is 0. The summed E-state index contributed by atoms with van der Waals surface area (Å²) in [7, 11) is 1.36. The van der Waals surface area contributed by atoms with E-state index in [2.05, 4.69) is 14.9 Å². The largest absolute Gasteiger partial charge is 0.469 e. The molecule has 1 heterocycles. The van der Waals surface area contributed by atoms with Crippen molar-refractivity contribution in [3.63, 3.8) is 0 Å². The van der Waals surface area contributed by atoms with Gasteiger partial charge in [-0.2, -0.15) is 0 Å². The molecule has 0 radical (unpaired) electrons. The molecular weight excluding hydrogens is 158 g/mol. The number of esters is 1. The zero-order chi connectivity index (χ0) is 8.97. The molecule has 0 aliphatic heterocycles. The number of ether oxygens (including phenoxy) is 1. The molecule has 0 bridgehead atoms. The van der Waals surface area contributed by atoms with Gasteiger partial charge < -0.3 is 9.30 Å². The molecule has 1 rings (SSSR count). The average Bonchev–Trinajstić information content (AvgIpc) is 2.51. The number of aromatic nitrogens is 3. The number of methoxy groups -OCH3 is 1. The smallest absolute Gasteiger partial charge is 0.313 e. The summed E-state index contributed by atoms with van der Waals surface area (Å²) in [5.74, 6) is 0.349. The van der Waals surface area contributed by atoms with Crippen LogP contribution in [0.4, 0.5) is 0 Å². The maximum absolute atomic E-state index is 10.8. The zero-order valence-electron chi connectivity index (χ0n) is 7.15. The maximum Gasteiger partial charge on any atom is 0.313 e. The second-order valence-corrected chi connectivity index (χ2v) is 2.29. The van der Waals surface area contributed by atoms with E-state index in [1.165, 1.54) is 7.11 Å². The molecule has 0 fully saturated rings. The quantitative estimate of drug-likeness (QED) is 0.598. The number of hydrogen-bond donors (Lipinski definition) is 0. The highest BCUT2D eigenvalue weighted by Gasteiger charge is 2.08. The third-order valence-corrected chi connectivity index (χ3v) is 1.57. The fourth-order valence-corrected chi connectivity index (χ4v) is 0.881. The van der Waals surface area contributed by atoms with Gasteiger partial charge in [0.2, 0.25) is 0 Å². The molecule has 0 atom stereocenters. The van der Waals surface area contributed by atoms with Gasteiger partial charge in [-0.3, -0.25) is 4.79 Å². The lowest BCUT2D eigenvalue weighted by Crippen LogP contribution is -2.10. The van der Waals surface area contributed by atoms with Gasteiger partial charge in [0.25, 0.3) is 0 Å². The lowest BCUT2D eigenvalue weighted by molar-refractivity contribution is -0.139. The van der Waals surface area contributed by atoms with Crippen LogP contribution in [0.3, 0.4) is 0 Å². The third kappa shape index (κ3) is 1.81. The van der Waals surface area contributed by atoms with Crippen LogP contribution in [-0.4, -0.2) is 27.8 Å². The number of hydrogen-bond acceptors (Lipinski definition) is 4. The number of rotatable bonds is 3. The number of aryl methyl sites for hydroxylation is 1. The van der Waals surface area contributed by atoms with Crippen LogP contribution >= 0.6 is 0 Å². The van der Waals surface area contributed by atoms with Gasteiger partial charge in [0.1, 0.15) is 18.6 Å². The Hall–Kier alpha value is -1.39. The molecule has 66 valence electrons. The van der Waals surface area contributed by atoms with Crippen molar-refractivity contribution in [2.45, 2.75) is 19.9 Å². The summed E-state index contributed by atoms with van der Waals surface area (Å²) in [4.78, 5) is 10.8. The molecule has 0 aromatic carbocycles. The van der Waals surface area contributed by atoms with Crippen molar-refractivity contribution in [2.75, 3.05) is 7.11 Å². The standard InChI is InChI=1S/C7H11N3O2/c1-3-10-5-8-9-6(10)4-7(11)12-2/h5H,3-4H2,1-2H3. The first-order valence-corrected chi connectivity index (χ1v) is 3.71. The van der Waals surface area contributed by atoms with Crippen molar-refractivity contribution in [3.05, 3.63) is 12.2 Å². The van der Waals surface area contributed by atoms with Crippen molar-refractivity contribution in [2.24, 2.45) is 0 Å². The highest BCUT2D eigenvalue weighted by atomic mass is 16.5. The summed E-state index contributed by atoms with van der Waals surface area (Å²) in [5.41, 5.74) is 0. The third-order valence-electron chi connectivity index (χ3n) is 1.57. The Morgan fingerprint density at radius 1 is 1.75 bits per heavy atom. The Kier molecular flexibility index (Phi) is 2.79. The van der Waals surface area contributed by atoms with Gasteiger partial charge in [0, 0.05) is 6.54 Å². The SMILES string of the molecule is CCn1cnnc1CC(=O)OC. The lowest BCUT2D eigenvalue weighted by Gasteiger charge is -2.00.